The summed E-state index contributed by atoms with van der Waals surface area (Å²) in [5.41, 5.74) is 5.84. The van der Waals surface area contributed by atoms with Crippen molar-refractivity contribution >= 4 is 27.1 Å². The molecule has 0 saturated carbocycles. The molecule has 84 valence electrons. The molecule has 1 unspecified atom stereocenters. The van der Waals surface area contributed by atoms with Gasteiger partial charge in [0, 0.05) is 5.69 Å². The molecule has 0 fully saturated rings. The number of aliphatic hydroxyl groups excluding tert-OH is 1. The van der Waals surface area contributed by atoms with Crippen molar-refractivity contribution in [3.63, 3.8) is 0 Å². The van der Waals surface area contributed by atoms with Crippen LogP contribution in [0.1, 0.15) is 6.92 Å². The molecule has 0 radical (unpaired) electrons. The van der Waals surface area contributed by atoms with Crippen molar-refractivity contribution in [2.75, 3.05) is 11.5 Å². The zero-order valence-corrected chi connectivity index (χ0v) is 9.72. The van der Waals surface area contributed by atoms with Crippen molar-refractivity contribution in [2.45, 2.75) is 17.9 Å². The Morgan fingerprint density at radius 1 is 1.53 bits per heavy atom. The van der Waals surface area contributed by atoms with Crippen molar-refractivity contribution in [3.8, 4) is 0 Å². The van der Waals surface area contributed by atoms with Gasteiger partial charge >= 0.3 is 0 Å². The van der Waals surface area contributed by atoms with Crippen LogP contribution < -0.4 is 5.73 Å². The molecule has 1 aromatic carbocycles. The first-order valence-electron chi connectivity index (χ1n) is 4.29. The molecule has 1 atom stereocenters. The maximum absolute atomic E-state index is 11.7. The molecule has 1 rings (SSSR count). The maximum Gasteiger partial charge on any atom is 0.182 e. The van der Waals surface area contributed by atoms with E-state index < -0.39 is 15.9 Å². The third kappa shape index (κ3) is 3.09. The third-order valence-electron chi connectivity index (χ3n) is 1.75. The lowest BCUT2D eigenvalue weighted by Gasteiger charge is -2.08. The van der Waals surface area contributed by atoms with Gasteiger partial charge in [0.05, 0.1) is 21.8 Å². The maximum atomic E-state index is 11.7. The molecule has 0 spiro atoms. The first-order chi connectivity index (χ1) is 6.83. The lowest BCUT2D eigenvalue weighted by molar-refractivity contribution is 0.218. The predicted octanol–water partition coefficient (Wildman–Crippen LogP) is 1.08. The summed E-state index contributed by atoms with van der Waals surface area (Å²) in [5, 5.41) is 9.13. The highest BCUT2D eigenvalue weighted by atomic mass is 35.5. The second-order valence-corrected chi connectivity index (χ2v) is 5.73. The van der Waals surface area contributed by atoms with Crippen LogP contribution in [-0.2, 0) is 9.84 Å². The molecular formula is C9H12ClNO3S. The molecule has 3 N–H and O–H groups in total. The van der Waals surface area contributed by atoms with E-state index >= 15 is 0 Å². The summed E-state index contributed by atoms with van der Waals surface area (Å²) in [6, 6.07) is 4.17. The van der Waals surface area contributed by atoms with Crippen LogP contribution in [0.2, 0.25) is 5.02 Å². The second-order valence-electron chi connectivity index (χ2n) is 3.32. The van der Waals surface area contributed by atoms with E-state index in [1.165, 1.54) is 25.1 Å². The fraction of sp³-hybridized carbons (Fsp3) is 0.333. The van der Waals surface area contributed by atoms with Crippen molar-refractivity contribution < 1.29 is 13.5 Å². The number of halogens is 1. The van der Waals surface area contributed by atoms with Gasteiger partial charge in [0.1, 0.15) is 0 Å². The lowest BCUT2D eigenvalue weighted by atomic mass is 10.3. The van der Waals surface area contributed by atoms with Gasteiger partial charge in [0.15, 0.2) is 9.84 Å². The molecule has 0 aromatic heterocycles. The summed E-state index contributed by atoms with van der Waals surface area (Å²) in [5.74, 6) is -0.351. The highest BCUT2D eigenvalue weighted by molar-refractivity contribution is 7.91. The quantitative estimate of drug-likeness (QED) is 0.786. The molecule has 0 saturated heterocycles. The number of hydrogen-bond donors (Lipinski definition) is 2. The highest BCUT2D eigenvalue weighted by Gasteiger charge is 2.20. The van der Waals surface area contributed by atoms with Crippen LogP contribution in [-0.4, -0.2) is 25.4 Å². The van der Waals surface area contributed by atoms with E-state index in [-0.39, 0.29) is 15.7 Å². The molecule has 15 heavy (non-hydrogen) atoms. The van der Waals surface area contributed by atoms with Gasteiger partial charge in [-0.1, -0.05) is 11.6 Å². The molecule has 0 aliphatic rings. The number of rotatable bonds is 3. The summed E-state index contributed by atoms with van der Waals surface area (Å²) < 4.78 is 23.4. The van der Waals surface area contributed by atoms with Gasteiger partial charge < -0.3 is 10.8 Å². The van der Waals surface area contributed by atoms with Crippen LogP contribution in [0.4, 0.5) is 5.69 Å². The molecule has 0 heterocycles. The van der Waals surface area contributed by atoms with Crippen molar-refractivity contribution in [3.05, 3.63) is 23.2 Å². The monoisotopic (exact) mass is 249 g/mol. The first-order valence-corrected chi connectivity index (χ1v) is 6.32. The minimum Gasteiger partial charge on any atom is -0.399 e. The number of hydrogen-bond acceptors (Lipinski definition) is 4. The average molecular weight is 250 g/mol. The molecule has 6 heteroatoms. The Balaban J connectivity index is 3.16. The van der Waals surface area contributed by atoms with E-state index in [0.29, 0.717) is 5.69 Å². The summed E-state index contributed by atoms with van der Waals surface area (Å²) >= 11 is 5.76. The Kier molecular flexibility index (Phi) is 3.59. The van der Waals surface area contributed by atoms with E-state index in [4.69, 9.17) is 22.4 Å². The second kappa shape index (κ2) is 4.38. The zero-order chi connectivity index (χ0) is 11.6. The van der Waals surface area contributed by atoms with Crippen LogP contribution in [0.5, 0.6) is 0 Å². The van der Waals surface area contributed by atoms with E-state index in [2.05, 4.69) is 0 Å². The molecular weight excluding hydrogens is 238 g/mol. The minimum atomic E-state index is -3.54. The number of nitrogen functional groups attached to an aromatic ring is 1. The Morgan fingerprint density at radius 2 is 2.13 bits per heavy atom. The van der Waals surface area contributed by atoms with E-state index in [1.807, 2.05) is 0 Å². The van der Waals surface area contributed by atoms with Gasteiger partial charge in [-0.3, -0.25) is 0 Å². The van der Waals surface area contributed by atoms with Crippen molar-refractivity contribution in [1.82, 2.24) is 0 Å². The fourth-order valence-electron chi connectivity index (χ4n) is 1.18. The first kappa shape index (κ1) is 12.3. The Morgan fingerprint density at radius 3 is 2.60 bits per heavy atom. The normalized spacial score (nSPS) is 13.8. The van der Waals surface area contributed by atoms with E-state index in [0.717, 1.165) is 0 Å². The Hall–Kier alpha value is -0.780. The highest BCUT2D eigenvalue weighted by Crippen LogP contribution is 2.24. The van der Waals surface area contributed by atoms with Crippen LogP contribution in [0.3, 0.4) is 0 Å². The summed E-state index contributed by atoms with van der Waals surface area (Å²) in [6.07, 6.45) is -0.927. The third-order valence-corrected chi connectivity index (χ3v) is 4.12. The summed E-state index contributed by atoms with van der Waals surface area (Å²) in [7, 11) is -3.54. The van der Waals surface area contributed by atoms with Crippen LogP contribution in [0, 0.1) is 0 Å². The molecule has 0 aliphatic heterocycles. The molecule has 4 nitrogen and oxygen atoms in total. The van der Waals surface area contributed by atoms with E-state index in [9.17, 15) is 8.42 Å². The van der Waals surface area contributed by atoms with Crippen molar-refractivity contribution in [1.29, 1.82) is 0 Å². The average Bonchev–Trinajstić information content (AvgIpc) is 1.99. The van der Waals surface area contributed by atoms with Gasteiger partial charge in [0.2, 0.25) is 0 Å². The fourth-order valence-corrected chi connectivity index (χ4v) is 3.16. The van der Waals surface area contributed by atoms with Crippen LogP contribution in [0.25, 0.3) is 0 Å². The van der Waals surface area contributed by atoms with Gasteiger partial charge in [-0.2, -0.15) is 0 Å². The van der Waals surface area contributed by atoms with Crippen LogP contribution in [0.15, 0.2) is 23.1 Å². The van der Waals surface area contributed by atoms with Gasteiger partial charge in [-0.15, -0.1) is 0 Å². The number of anilines is 1. The minimum absolute atomic E-state index is 0.000679. The predicted molar refractivity (Wildman–Crippen MR) is 59.6 cm³/mol. The molecule has 0 aliphatic carbocycles. The Labute approximate surface area is 93.6 Å². The number of benzene rings is 1. The Bertz CT molecular complexity index is 456. The van der Waals surface area contributed by atoms with E-state index in [1.54, 1.807) is 0 Å². The summed E-state index contributed by atoms with van der Waals surface area (Å²) in [4.78, 5) is -0.000679. The summed E-state index contributed by atoms with van der Waals surface area (Å²) in [6.45, 7) is 1.41. The SMILES string of the molecule is CC(O)CS(=O)(=O)c1ccc(N)cc1Cl. The number of sulfone groups is 1. The smallest absolute Gasteiger partial charge is 0.182 e. The number of nitrogens with two attached hydrogens (primary N) is 1. The largest absolute Gasteiger partial charge is 0.399 e. The molecule has 0 amide bonds. The van der Waals surface area contributed by atoms with Gasteiger partial charge in [0.25, 0.3) is 0 Å². The lowest BCUT2D eigenvalue weighted by Crippen LogP contribution is -2.18. The topological polar surface area (TPSA) is 80.4 Å². The zero-order valence-electron chi connectivity index (χ0n) is 8.14. The standard InChI is InChI=1S/C9H12ClNO3S/c1-6(12)5-15(13,14)9-3-2-7(11)4-8(9)10/h2-4,6,12H,5,11H2,1H3. The van der Waals surface area contributed by atoms with Gasteiger partial charge in [-0.05, 0) is 25.1 Å². The van der Waals surface area contributed by atoms with Gasteiger partial charge in [-0.25, -0.2) is 8.42 Å². The van der Waals surface area contributed by atoms with Crippen LogP contribution >= 0.6 is 11.6 Å². The molecule has 1 aromatic rings. The van der Waals surface area contributed by atoms with Crippen molar-refractivity contribution in [2.24, 2.45) is 0 Å². The molecule has 0 bridgehead atoms. The number of aliphatic hydroxyl groups is 1.